The van der Waals surface area contributed by atoms with Gasteiger partial charge in [0.05, 0.1) is 5.57 Å². The highest BCUT2D eigenvalue weighted by molar-refractivity contribution is 5.62. The molecular weight excluding hydrogens is 443 g/mol. The van der Waals surface area contributed by atoms with Gasteiger partial charge in [-0.3, -0.25) is 0 Å². The highest BCUT2D eigenvalue weighted by atomic mass is 19.4. The van der Waals surface area contributed by atoms with E-state index in [1.165, 1.54) is 0 Å². The largest absolute Gasteiger partial charge is 0.416 e. The summed E-state index contributed by atoms with van der Waals surface area (Å²) in [5.41, 5.74) is 0.384. The average Bonchev–Trinajstić information content (AvgIpc) is 3.30. The third-order valence-electron chi connectivity index (χ3n) is 6.66. The van der Waals surface area contributed by atoms with Crippen molar-refractivity contribution in [2.45, 2.75) is 44.8 Å². The number of rotatable bonds is 4. The van der Waals surface area contributed by atoms with Gasteiger partial charge in [0, 0.05) is 50.5 Å². The number of aliphatic imine (C=N–C) groups is 1. The van der Waals surface area contributed by atoms with Crippen LogP contribution in [-0.2, 0) is 0 Å². The zero-order valence-corrected chi connectivity index (χ0v) is 19.2. The molecule has 7 nitrogen and oxygen atoms in total. The Morgan fingerprint density at radius 3 is 2.26 bits per heavy atom. The maximum Gasteiger partial charge on any atom is 0.416 e. The normalized spacial score (nSPS) is 21.5. The van der Waals surface area contributed by atoms with E-state index < -0.39 is 11.7 Å². The van der Waals surface area contributed by atoms with Crippen LogP contribution in [0.3, 0.4) is 0 Å². The molecule has 0 aliphatic carbocycles. The van der Waals surface area contributed by atoms with Crippen LogP contribution in [0.1, 0.15) is 32.6 Å². The highest BCUT2D eigenvalue weighted by Crippen LogP contribution is 2.35. The number of halogens is 3. The lowest BCUT2D eigenvalue weighted by Crippen LogP contribution is -2.47. The molecule has 3 aliphatic rings. The molecule has 10 heteroatoms. The Balaban J connectivity index is 1.41. The molecule has 0 amide bonds. The molecule has 0 N–H and O–H groups in total. The number of alkyl halides is 3. The van der Waals surface area contributed by atoms with Gasteiger partial charge in [-0.25, -0.2) is 4.99 Å². The number of hydrogen-bond donors (Lipinski definition) is 0. The van der Waals surface area contributed by atoms with Gasteiger partial charge < -0.3 is 14.7 Å². The first-order valence-corrected chi connectivity index (χ1v) is 11.8. The average molecular weight is 472 g/mol. The molecule has 1 aromatic carbocycles. The fourth-order valence-electron chi connectivity index (χ4n) is 4.78. The molecule has 2 aromatic rings. The van der Waals surface area contributed by atoms with Gasteiger partial charge in [0.2, 0.25) is 11.9 Å². The number of aromatic nitrogens is 3. The topological polar surface area (TPSA) is 60.8 Å². The molecule has 0 spiro atoms. The standard InChI is InChI=1S/C24H28F3N7/c1-17-7-6-12-34(17)23-30-20(18-8-3-2-4-9-18)29-22(31-23)33-15-13-32(14-16-33)21-19(24(25,26)27)10-5-11-28-21/h2-4,8-9,11,17H,5-7,10,12-16H2,1H3. The maximum absolute atomic E-state index is 13.5. The molecule has 180 valence electrons. The number of benzene rings is 1. The van der Waals surface area contributed by atoms with E-state index >= 15 is 0 Å². The van der Waals surface area contributed by atoms with E-state index in [4.69, 9.17) is 15.0 Å². The molecule has 2 fully saturated rings. The molecule has 34 heavy (non-hydrogen) atoms. The monoisotopic (exact) mass is 471 g/mol. The van der Waals surface area contributed by atoms with Crippen molar-refractivity contribution >= 4 is 18.1 Å². The molecule has 1 aromatic heterocycles. The molecule has 5 rings (SSSR count). The van der Waals surface area contributed by atoms with Crippen molar-refractivity contribution in [1.29, 1.82) is 0 Å². The molecule has 1 unspecified atom stereocenters. The van der Waals surface area contributed by atoms with E-state index in [-0.39, 0.29) is 12.2 Å². The molecule has 0 bridgehead atoms. The lowest BCUT2D eigenvalue weighted by Gasteiger charge is -2.38. The molecule has 4 heterocycles. The third kappa shape index (κ3) is 4.58. The first-order chi connectivity index (χ1) is 16.4. The smallest absolute Gasteiger partial charge is 0.353 e. The second-order valence-electron chi connectivity index (χ2n) is 8.93. The fraction of sp³-hybridized carbons (Fsp3) is 0.500. The first kappa shape index (κ1) is 22.6. The summed E-state index contributed by atoms with van der Waals surface area (Å²) in [5, 5.41) is 0. The Hall–Kier alpha value is -3.17. The first-order valence-electron chi connectivity index (χ1n) is 11.8. The van der Waals surface area contributed by atoms with Crippen LogP contribution in [-0.4, -0.2) is 71.0 Å². The van der Waals surface area contributed by atoms with Gasteiger partial charge >= 0.3 is 6.18 Å². The van der Waals surface area contributed by atoms with Crippen LogP contribution in [0.15, 0.2) is 46.7 Å². The summed E-state index contributed by atoms with van der Waals surface area (Å²) < 4.78 is 40.6. The van der Waals surface area contributed by atoms with Crippen LogP contribution < -0.4 is 9.80 Å². The Bertz CT molecular complexity index is 1080. The van der Waals surface area contributed by atoms with Gasteiger partial charge in [-0.05, 0) is 32.6 Å². The Kier molecular flexibility index (Phi) is 6.14. The lowest BCUT2D eigenvalue weighted by molar-refractivity contribution is -0.0963. The van der Waals surface area contributed by atoms with Gasteiger partial charge in [0.1, 0.15) is 5.82 Å². The summed E-state index contributed by atoms with van der Waals surface area (Å²) in [6, 6.07) is 10.2. The van der Waals surface area contributed by atoms with Crippen molar-refractivity contribution in [1.82, 2.24) is 19.9 Å². The van der Waals surface area contributed by atoms with Gasteiger partial charge in [-0.1, -0.05) is 30.3 Å². The van der Waals surface area contributed by atoms with Gasteiger partial charge in [-0.15, -0.1) is 0 Å². The van der Waals surface area contributed by atoms with Crippen LogP contribution in [0, 0.1) is 0 Å². The summed E-state index contributed by atoms with van der Waals surface area (Å²) in [5.74, 6) is 1.90. The summed E-state index contributed by atoms with van der Waals surface area (Å²) >= 11 is 0. The zero-order chi connectivity index (χ0) is 23.7. The molecule has 2 saturated heterocycles. The van der Waals surface area contributed by atoms with Crippen molar-refractivity contribution in [3.63, 3.8) is 0 Å². The Labute approximate surface area is 197 Å². The number of nitrogens with zero attached hydrogens (tertiary/aromatic N) is 7. The predicted octanol–water partition coefficient (Wildman–Crippen LogP) is 4.29. The van der Waals surface area contributed by atoms with E-state index in [0.717, 1.165) is 24.9 Å². The number of anilines is 2. The summed E-state index contributed by atoms with van der Waals surface area (Å²) in [6.45, 7) is 4.95. The summed E-state index contributed by atoms with van der Waals surface area (Å²) in [4.78, 5) is 24.4. The van der Waals surface area contributed by atoms with E-state index in [2.05, 4.69) is 16.8 Å². The van der Waals surface area contributed by atoms with Crippen molar-refractivity contribution in [2.75, 3.05) is 42.5 Å². The van der Waals surface area contributed by atoms with Crippen LogP contribution >= 0.6 is 0 Å². The van der Waals surface area contributed by atoms with Crippen LogP contribution in [0.2, 0.25) is 0 Å². The minimum atomic E-state index is -4.36. The number of piperazine rings is 1. The molecule has 1 atom stereocenters. The van der Waals surface area contributed by atoms with E-state index in [1.807, 2.05) is 35.2 Å². The van der Waals surface area contributed by atoms with Crippen LogP contribution in [0.25, 0.3) is 11.4 Å². The zero-order valence-electron chi connectivity index (χ0n) is 19.2. The van der Waals surface area contributed by atoms with E-state index in [9.17, 15) is 13.2 Å². The van der Waals surface area contributed by atoms with Crippen LogP contribution in [0.5, 0.6) is 0 Å². The molecular formula is C24H28F3N7. The van der Waals surface area contributed by atoms with Crippen molar-refractivity contribution < 1.29 is 13.2 Å². The van der Waals surface area contributed by atoms with Gasteiger partial charge in [0.25, 0.3) is 0 Å². The lowest BCUT2D eigenvalue weighted by atomic mass is 10.1. The second-order valence-corrected chi connectivity index (χ2v) is 8.93. The van der Waals surface area contributed by atoms with Gasteiger partial charge in [-0.2, -0.15) is 28.1 Å². The molecule has 3 aliphatic heterocycles. The van der Waals surface area contributed by atoms with Crippen molar-refractivity contribution in [3.8, 4) is 11.4 Å². The minimum absolute atomic E-state index is 0.0200. The van der Waals surface area contributed by atoms with Crippen molar-refractivity contribution in [2.24, 2.45) is 4.99 Å². The molecule has 0 radical (unpaired) electrons. The Morgan fingerprint density at radius 1 is 0.882 bits per heavy atom. The number of hydrogen-bond acceptors (Lipinski definition) is 7. The minimum Gasteiger partial charge on any atom is -0.353 e. The number of allylic oxidation sites excluding steroid dienone is 1. The highest BCUT2D eigenvalue weighted by Gasteiger charge is 2.39. The molecule has 0 saturated carbocycles. The van der Waals surface area contributed by atoms with Crippen LogP contribution in [0.4, 0.5) is 25.1 Å². The third-order valence-corrected chi connectivity index (χ3v) is 6.66. The summed E-state index contributed by atoms with van der Waals surface area (Å²) in [7, 11) is 0. The Morgan fingerprint density at radius 2 is 1.59 bits per heavy atom. The SMILES string of the molecule is CC1CCCN1c1nc(-c2ccccc2)nc(N2CCN(C3=C(C(F)(F)F)CCC=N3)CC2)n1. The maximum atomic E-state index is 13.5. The second kappa shape index (κ2) is 9.23. The predicted molar refractivity (Wildman–Crippen MR) is 126 cm³/mol. The van der Waals surface area contributed by atoms with E-state index in [0.29, 0.717) is 56.4 Å². The van der Waals surface area contributed by atoms with Crippen molar-refractivity contribution in [3.05, 3.63) is 41.7 Å². The quantitative estimate of drug-likeness (QED) is 0.663. The van der Waals surface area contributed by atoms with E-state index in [1.54, 1.807) is 11.1 Å². The fourth-order valence-corrected chi connectivity index (χ4v) is 4.78. The summed E-state index contributed by atoms with van der Waals surface area (Å²) in [6.07, 6.45) is -0.282. The van der Waals surface area contributed by atoms with Gasteiger partial charge in [0.15, 0.2) is 5.82 Å².